The molecule has 6 heterocycles. The third-order valence-corrected chi connectivity index (χ3v) is 22.6. The van der Waals surface area contributed by atoms with E-state index in [-0.39, 0.29) is 6.42 Å². The minimum Gasteiger partial charge on any atom is -0.477 e. The molecule has 0 aromatic carbocycles. The first-order valence-electron chi connectivity index (χ1n) is 42.6. The molecule has 0 radical (unpaired) electrons. The van der Waals surface area contributed by atoms with Gasteiger partial charge in [0.05, 0.1) is 70.5 Å². The lowest BCUT2D eigenvalue weighted by molar-refractivity contribution is -0.404. The van der Waals surface area contributed by atoms with Crippen LogP contribution in [-0.2, 0) is 80.8 Å². The summed E-state index contributed by atoms with van der Waals surface area (Å²) in [5, 5.41) is 224. The van der Waals surface area contributed by atoms with Gasteiger partial charge in [0.15, 0.2) is 31.5 Å². The highest BCUT2D eigenvalue weighted by molar-refractivity contribution is 5.77. The molecule has 0 aromatic heterocycles. The maximum Gasteiger partial charge on any atom is 0.364 e. The molecule has 6 aliphatic heterocycles. The second-order valence-corrected chi connectivity index (χ2v) is 32.1. The van der Waals surface area contributed by atoms with E-state index in [0.29, 0.717) is 12.8 Å². The predicted octanol–water partition coefficient (Wildman–Crippen LogP) is -3.85. The van der Waals surface area contributed by atoms with Gasteiger partial charge in [-0.3, -0.25) is 19.2 Å². The molecule has 0 saturated carbocycles. The Kier molecular flexibility index (Phi) is 46.5. The number of aliphatic hydroxyl groups is 18. The van der Waals surface area contributed by atoms with Crippen molar-refractivity contribution < 1.29 is 178 Å². The van der Waals surface area contributed by atoms with E-state index in [2.05, 4.69) is 35.1 Å². The lowest BCUT2D eigenvalue weighted by Gasteiger charge is -2.53. The number of rotatable bonds is 54. The Labute approximate surface area is 694 Å². The first-order chi connectivity index (χ1) is 56.9. The summed E-state index contributed by atoms with van der Waals surface area (Å²) in [4.78, 5) is 65.8. The number of hydrogen-bond acceptors (Lipinski definition) is 35. The molecule has 6 fully saturated rings. The third kappa shape index (κ3) is 30.6. The normalized spacial score (nSPS) is 36.2. The Morgan fingerprint density at radius 2 is 0.840 bits per heavy atom. The largest absolute Gasteiger partial charge is 0.477 e. The van der Waals surface area contributed by atoms with Crippen LogP contribution < -0.4 is 21.3 Å². The monoisotopic (exact) mass is 1720 g/mol. The van der Waals surface area contributed by atoms with E-state index in [9.17, 15) is 121 Å². The molecule has 0 aliphatic carbocycles. The first kappa shape index (κ1) is 104. The zero-order valence-electron chi connectivity index (χ0n) is 69.1. The Hall–Kier alpha value is -4.11. The minimum atomic E-state index is -3.44. The number of aliphatic carboxylic acids is 1. The van der Waals surface area contributed by atoms with E-state index < -0.39 is 284 Å². The molecule has 0 spiro atoms. The van der Waals surface area contributed by atoms with Gasteiger partial charge in [-0.25, -0.2) is 4.79 Å². The van der Waals surface area contributed by atoms with Crippen LogP contribution in [0.15, 0.2) is 12.2 Å². The predicted molar refractivity (Wildman–Crippen MR) is 413 cm³/mol. The fourth-order valence-corrected chi connectivity index (χ4v) is 15.9. The van der Waals surface area contributed by atoms with E-state index in [1.54, 1.807) is 6.08 Å². The van der Waals surface area contributed by atoms with Gasteiger partial charge in [0.1, 0.15) is 140 Å². The Morgan fingerprint density at radius 3 is 1.33 bits per heavy atom. The second-order valence-electron chi connectivity index (χ2n) is 32.1. The summed E-state index contributed by atoms with van der Waals surface area (Å²) in [6, 6.07) is -6.62. The molecule has 33 atom stereocenters. The van der Waals surface area contributed by atoms with Gasteiger partial charge < -0.3 is 175 Å². The summed E-state index contributed by atoms with van der Waals surface area (Å²) < 4.78 is 72.5. The van der Waals surface area contributed by atoms with Crippen molar-refractivity contribution in [1.29, 1.82) is 0 Å². The van der Waals surface area contributed by atoms with Gasteiger partial charge in [0.2, 0.25) is 23.6 Å². The topological polar surface area (TPSA) is 629 Å². The average molecular weight is 1720 g/mol. The van der Waals surface area contributed by atoms with Gasteiger partial charge in [0.25, 0.3) is 5.79 Å². The van der Waals surface area contributed by atoms with Crippen molar-refractivity contribution in [2.45, 2.75) is 410 Å². The van der Waals surface area contributed by atoms with Crippen LogP contribution in [-0.4, -0.2) is 375 Å². The summed E-state index contributed by atoms with van der Waals surface area (Å²) in [7, 11) is 0. The Bertz CT molecular complexity index is 2920. The number of carbonyl (C=O) groups is 5. The summed E-state index contributed by atoms with van der Waals surface area (Å²) in [6.45, 7) is -0.0249. The lowest BCUT2D eigenvalue weighted by Crippen LogP contribution is -2.72. The number of carboxylic acids is 1. The molecule has 692 valence electrons. The number of unbranched alkanes of at least 4 members (excludes halogenated alkanes) is 23. The third-order valence-electron chi connectivity index (χ3n) is 22.6. The molecule has 40 nitrogen and oxygen atoms in total. The lowest BCUT2D eigenvalue weighted by atomic mass is 9.88. The van der Waals surface area contributed by atoms with Crippen molar-refractivity contribution in [3.63, 3.8) is 0 Å². The van der Waals surface area contributed by atoms with Gasteiger partial charge >= 0.3 is 5.97 Å². The van der Waals surface area contributed by atoms with Crippen LogP contribution in [0.4, 0.5) is 0 Å². The van der Waals surface area contributed by atoms with Gasteiger partial charge in [-0.2, -0.15) is 0 Å². The number of aliphatic hydroxyl groups excluding tert-OH is 18. The zero-order chi connectivity index (χ0) is 87.6. The zero-order valence-corrected chi connectivity index (χ0v) is 69.1. The number of carboxylic acid groups (broad SMARTS) is 1. The summed E-state index contributed by atoms with van der Waals surface area (Å²) in [6.07, 6.45) is -29.0. The summed E-state index contributed by atoms with van der Waals surface area (Å²) in [5.41, 5.74) is 0. The fourth-order valence-electron chi connectivity index (χ4n) is 15.9. The van der Waals surface area contributed by atoms with Crippen molar-refractivity contribution >= 4 is 29.6 Å². The summed E-state index contributed by atoms with van der Waals surface area (Å²) in [5.74, 6) is -8.70. The quantitative estimate of drug-likeness (QED) is 0.0205. The molecule has 23 N–H and O–H groups in total. The van der Waals surface area contributed by atoms with E-state index >= 15 is 0 Å². The van der Waals surface area contributed by atoms with Gasteiger partial charge in [-0.05, 0) is 19.3 Å². The van der Waals surface area contributed by atoms with Crippen LogP contribution in [0.1, 0.15) is 208 Å². The fraction of sp³-hybridized carbons (Fsp3) is 0.911. The molecular formula is C79H140N4O36. The molecule has 119 heavy (non-hydrogen) atoms. The maximum absolute atomic E-state index is 14.0. The molecule has 0 aromatic rings. The molecular weight excluding hydrogens is 1580 g/mol. The number of carbonyl (C=O) groups excluding carboxylic acids is 4. The van der Waals surface area contributed by atoms with Crippen LogP contribution in [0.2, 0.25) is 0 Å². The SMILES string of the molecule is CCCCCCCCCCCCC/C=C/[C@@H](O)[C@H](CO[C@@H]1OC(CO)[C@@H](O[C@@H]2OC(CO)[C@H](O[C@@H]3OC(CO)[C@H](O)[C@H](O[C@@H]4OC(CO)[C@H](O[C@@H]5OC(CO)[C@H](O)[C@H](O)C5NC(C)=O)[C@H](O)C4O)C3NC(C)=O)[C@H](O[C@]3(C(=O)O)CC(O)[C@@H](NC(C)=O)C([C@H](O)[C@H](O)CO)O3)C2O)[C@H](O)C1O)NC(=O)CCCCCCCCCCCCCCC. The molecule has 12 unspecified atom stereocenters. The van der Waals surface area contributed by atoms with Gasteiger partial charge in [-0.1, -0.05) is 167 Å². The van der Waals surface area contributed by atoms with Gasteiger partial charge in [0, 0.05) is 33.6 Å². The molecule has 40 heteroatoms. The van der Waals surface area contributed by atoms with Crippen molar-refractivity contribution in [3.05, 3.63) is 12.2 Å². The highest BCUT2D eigenvalue weighted by Gasteiger charge is 2.63. The minimum absolute atomic E-state index is 0.113. The number of allylic oxidation sites excluding steroid dienone is 1. The van der Waals surface area contributed by atoms with Crippen molar-refractivity contribution in [1.82, 2.24) is 21.3 Å². The Balaban J connectivity index is 1.27. The molecule has 6 rings (SSSR count). The standard InChI is InChI=1S/C79H140N4O36/c1-6-8-10-12-14-16-18-20-22-24-26-28-30-32-46(93)45(83-54(96)33-31-29-27-25-23-21-19-17-15-13-11-9-7-2)41-108-75-64(103)62(101)68(51(38-87)111-75)115-77-66(105)72(119-79(78(106)107)34-47(94)55(80-42(3)90)71(118-79)58(97)48(95)35-84)69(53(40-89)113-77)116-74-57(82-44(5)92)70(60(99)50(37-86)110-74)117-76-65(104)63(102)67(52(39-88)112-76)114-73-56(81-43(4)91)61(100)59(98)49(36-85)109-73/h30,32,45-53,55-77,84-89,93-95,97-105H,6-29,31,33-41H2,1-5H3,(H,80,90)(H,81,91)(H,82,92)(H,83,96)(H,106,107)/b32-30+/t45-,46+,47?,48+,49?,50?,51?,52?,53?,55+,56?,57?,58+,59-,60-,61+,62+,63+,64?,65?,66?,67-,68+,69-,70+,71?,72+,73-,74-,75+,76-,77-,79-/m0/s1. The number of nitrogens with one attached hydrogen (secondary N) is 4. The number of hydrogen-bond donors (Lipinski definition) is 23. The number of amides is 4. The van der Waals surface area contributed by atoms with Crippen LogP contribution >= 0.6 is 0 Å². The van der Waals surface area contributed by atoms with Crippen LogP contribution in [0.5, 0.6) is 0 Å². The first-order valence-corrected chi connectivity index (χ1v) is 42.6. The van der Waals surface area contributed by atoms with Gasteiger partial charge in [-0.15, -0.1) is 0 Å². The smallest absolute Gasteiger partial charge is 0.364 e. The second kappa shape index (κ2) is 53.4. The van der Waals surface area contributed by atoms with Crippen molar-refractivity contribution in [2.75, 3.05) is 46.2 Å². The van der Waals surface area contributed by atoms with E-state index in [0.717, 1.165) is 85.0 Å². The van der Waals surface area contributed by atoms with E-state index in [4.69, 9.17) is 56.8 Å². The highest BCUT2D eigenvalue weighted by atomic mass is 16.8. The number of ether oxygens (including phenoxy) is 12. The molecule has 6 saturated heterocycles. The average Bonchev–Trinajstić information content (AvgIpc) is 0.747. The molecule has 4 amide bonds. The molecule has 0 bridgehead atoms. The summed E-state index contributed by atoms with van der Waals surface area (Å²) >= 11 is 0. The highest BCUT2D eigenvalue weighted by Crippen LogP contribution is 2.42. The van der Waals surface area contributed by atoms with Crippen LogP contribution in [0.3, 0.4) is 0 Å². The van der Waals surface area contributed by atoms with Crippen LogP contribution in [0, 0.1) is 0 Å². The Morgan fingerprint density at radius 1 is 0.437 bits per heavy atom. The van der Waals surface area contributed by atoms with Crippen LogP contribution in [0.25, 0.3) is 0 Å². The van der Waals surface area contributed by atoms with E-state index in [1.807, 2.05) is 0 Å². The van der Waals surface area contributed by atoms with E-state index in [1.165, 1.54) is 89.5 Å². The van der Waals surface area contributed by atoms with Crippen molar-refractivity contribution in [3.8, 4) is 0 Å². The maximum atomic E-state index is 14.0. The van der Waals surface area contributed by atoms with Crippen molar-refractivity contribution in [2.24, 2.45) is 0 Å². The molecule has 6 aliphatic rings.